The van der Waals surface area contributed by atoms with Gasteiger partial charge in [0, 0.05) is 29.1 Å². The van der Waals surface area contributed by atoms with Crippen LogP contribution in [-0.2, 0) is 21.9 Å². The smallest absolute Gasteiger partial charge is 0.264 e. The van der Waals surface area contributed by atoms with E-state index in [0.717, 1.165) is 37.8 Å². The van der Waals surface area contributed by atoms with Crippen LogP contribution in [0, 0.1) is 11.3 Å². The largest absolute Gasteiger partial charge is 0.490 e. The van der Waals surface area contributed by atoms with Gasteiger partial charge in [-0.25, -0.2) is 13.1 Å². The molecular formula is C32H41ClN2O6S. The highest BCUT2D eigenvalue weighted by molar-refractivity contribution is 7.90. The van der Waals surface area contributed by atoms with Crippen molar-refractivity contribution in [2.75, 3.05) is 37.0 Å². The SMILES string of the molecule is CC12CC[C@H]1[C@](O)(CO)CCCCCS(=O)(=O)NC(=O)c1ccc3c(c1)N(C2)C[C@@]1(CCCc2cc(Cl)ccc21)CO3. The summed E-state index contributed by atoms with van der Waals surface area (Å²) in [7, 11) is -3.83. The Bertz CT molecular complexity index is 1480. The number of aliphatic hydroxyl groups is 2. The second-order valence-electron chi connectivity index (χ2n) is 13.3. The quantitative estimate of drug-likeness (QED) is 0.429. The van der Waals surface area contributed by atoms with E-state index in [9.17, 15) is 23.4 Å². The molecule has 1 fully saturated rings. The molecule has 1 spiro atoms. The summed E-state index contributed by atoms with van der Waals surface area (Å²) in [6.45, 7) is 3.57. The molecule has 0 aromatic heterocycles. The zero-order chi connectivity index (χ0) is 29.8. The summed E-state index contributed by atoms with van der Waals surface area (Å²) < 4.78 is 34.2. The van der Waals surface area contributed by atoms with Gasteiger partial charge in [0.1, 0.15) is 5.75 Å². The van der Waals surface area contributed by atoms with Crippen molar-refractivity contribution < 1.29 is 28.2 Å². The van der Waals surface area contributed by atoms with Gasteiger partial charge >= 0.3 is 0 Å². The van der Waals surface area contributed by atoms with Crippen LogP contribution >= 0.6 is 11.6 Å². The number of anilines is 1. The molecule has 2 bridgehead atoms. The predicted molar refractivity (Wildman–Crippen MR) is 163 cm³/mol. The van der Waals surface area contributed by atoms with Gasteiger partial charge in [-0.15, -0.1) is 0 Å². The van der Waals surface area contributed by atoms with Gasteiger partial charge in [0.2, 0.25) is 10.0 Å². The molecule has 1 unspecified atom stereocenters. The molecule has 2 heterocycles. The zero-order valence-corrected chi connectivity index (χ0v) is 25.8. The molecule has 4 aliphatic rings. The number of rotatable bonds is 1. The molecule has 228 valence electrons. The van der Waals surface area contributed by atoms with Crippen molar-refractivity contribution in [1.29, 1.82) is 0 Å². The third-order valence-electron chi connectivity index (χ3n) is 10.4. The van der Waals surface area contributed by atoms with Crippen LogP contribution < -0.4 is 14.4 Å². The van der Waals surface area contributed by atoms with E-state index in [-0.39, 0.29) is 34.7 Å². The summed E-state index contributed by atoms with van der Waals surface area (Å²) in [5.41, 5.74) is 1.62. The molecule has 3 N–H and O–H groups in total. The molecule has 42 heavy (non-hydrogen) atoms. The average Bonchev–Trinajstić information content (AvgIpc) is 3.08. The van der Waals surface area contributed by atoms with Crippen molar-refractivity contribution in [3.8, 4) is 5.75 Å². The van der Waals surface area contributed by atoms with Crippen molar-refractivity contribution in [2.24, 2.45) is 11.3 Å². The topological polar surface area (TPSA) is 116 Å². The number of hydrogen-bond acceptors (Lipinski definition) is 7. The van der Waals surface area contributed by atoms with Crippen LogP contribution in [-0.4, -0.2) is 62.2 Å². The minimum Gasteiger partial charge on any atom is -0.490 e. The van der Waals surface area contributed by atoms with Crippen LogP contribution in [0.15, 0.2) is 36.4 Å². The van der Waals surface area contributed by atoms with Crippen molar-refractivity contribution in [3.63, 3.8) is 0 Å². The van der Waals surface area contributed by atoms with Crippen LogP contribution in [0.1, 0.15) is 79.8 Å². The Morgan fingerprint density at radius 2 is 1.90 bits per heavy atom. The number of hydrogen-bond donors (Lipinski definition) is 3. The molecular weight excluding hydrogens is 576 g/mol. The monoisotopic (exact) mass is 616 g/mol. The van der Waals surface area contributed by atoms with Crippen LogP contribution in [0.25, 0.3) is 0 Å². The lowest BCUT2D eigenvalue weighted by molar-refractivity contribution is -0.150. The molecule has 0 saturated heterocycles. The molecule has 6 rings (SSSR count). The fraction of sp³-hybridized carbons (Fsp3) is 0.594. The average molecular weight is 617 g/mol. The Labute approximate surface area is 253 Å². The number of ether oxygens (including phenoxy) is 1. The van der Waals surface area contributed by atoms with Crippen molar-refractivity contribution >= 4 is 33.2 Å². The van der Waals surface area contributed by atoms with Crippen molar-refractivity contribution in [1.82, 2.24) is 4.72 Å². The van der Waals surface area contributed by atoms with E-state index in [4.69, 9.17) is 16.3 Å². The Balaban J connectivity index is 1.45. The van der Waals surface area contributed by atoms with Gasteiger partial charge in [-0.05, 0) is 97.7 Å². The first-order chi connectivity index (χ1) is 20.0. The van der Waals surface area contributed by atoms with E-state index < -0.39 is 21.5 Å². The first kappa shape index (κ1) is 29.7. The van der Waals surface area contributed by atoms with Gasteiger partial charge in [-0.3, -0.25) is 4.79 Å². The van der Waals surface area contributed by atoms with Crippen LogP contribution in [0.4, 0.5) is 5.69 Å². The second kappa shape index (κ2) is 11.0. The lowest BCUT2D eigenvalue weighted by Crippen LogP contribution is -2.59. The molecule has 2 aromatic rings. The number of fused-ring (bicyclic) bond motifs is 4. The summed E-state index contributed by atoms with van der Waals surface area (Å²) in [6.07, 6.45) is 6.54. The number of aryl methyl sites for hydroxylation is 1. The Morgan fingerprint density at radius 3 is 2.67 bits per heavy atom. The lowest BCUT2D eigenvalue weighted by Gasteiger charge is -2.56. The van der Waals surface area contributed by atoms with E-state index in [0.29, 0.717) is 56.2 Å². The Hall–Kier alpha value is -2.33. The minimum absolute atomic E-state index is 0.112. The highest BCUT2D eigenvalue weighted by Gasteiger charge is 2.54. The molecule has 2 aliphatic carbocycles. The number of aliphatic hydroxyl groups excluding tert-OH is 1. The summed E-state index contributed by atoms with van der Waals surface area (Å²) in [5, 5.41) is 22.9. The van der Waals surface area contributed by atoms with E-state index in [1.807, 2.05) is 6.07 Å². The number of nitrogens with zero attached hydrogens (tertiary/aromatic N) is 1. The van der Waals surface area contributed by atoms with Crippen LogP contribution in [0.3, 0.4) is 0 Å². The van der Waals surface area contributed by atoms with E-state index in [1.165, 1.54) is 11.1 Å². The number of amides is 1. The van der Waals surface area contributed by atoms with E-state index in [1.54, 1.807) is 18.2 Å². The molecule has 10 heteroatoms. The predicted octanol–water partition coefficient (Wildman–Crippen LogP) is 4.59. The molecule has 1 amide bonds. The summed E-state index contributed by atoms with van der Waals surface area (Å²) in [6, 6.07) is 11.2. The van der Waals surface area contributed by atoms with E-state index in [2.05, 4.69) is 28.7 Å². The Morgan fingerprint density at radius 1 is 1.07 bits per heavy atom. The third-order valence-corrected chi connectivity index (χ3v) is 11.9. The highest BCUT2D eigenvalue weighted by Crippen LogP contribution is 2.55. The minimum atomic E-state index is -3.83. The number of sulfonamides is 1. The highest BCUT2D eigenvalue weighted by atomic mass is 35.5. The number of halogens is 1. The summed E-state index contributed by atoms with van der Waals surface area (Å²) in [4.78, 5) is 15.5. The second-order valence-corrected chi connectivity index (χ2v) is 15.6. The zero-order valence-electron chi connectivity index (χ0n) is 24.2. The summed E-state index contributed by atoms with van der Waals surface area (Å²) >= 11 is 6.39. The molecule has 8 nitrogen and oxygen atoms in total. The van der Waals surface area contributed by atoms with Gasteiger partial charge < -0.3 is 19.8 Å². The summed E-state index contributed by atoms with van der Waals surface area (Å²) in [5.74, 6) is -0.294. The first-order valence-corrected chi connectivity index (χ1v) is 17.2. The fourth-order valence-corrected chi connectivity index (χ4v) is 9.35. The lowest BCUT2D eigenvalue weighted by atomic mass is 9.54. The standard InChI is InChI=1S/C32H41ClN2O6S/c1-30-14-11-28(30)32(38,20-36)13-3-2-4-15-42(39,40)34-29(37)23-7-10-27-26(17-23)35(18-30)19-31(21-41-27)12-5-6-22-16-24(33)8-9-25(22)31/h7-10,16-17,28,36,38H,2-6,11-15,18-21H2,1H3,(H,34,37)/t28-,30?,31+,32-/m1/s1. The number of benzene rings is 2. The molecule has 4 atom stereocenters. The number of nitrogens with one attached hydrogen (secondary N) is 1. The van der Waals surface area contributed by atoms with Gasteiger partial charge in [0.25, 0.3) is 5.91 Å². The van der Waals surface area contributed by atoms with Gasteiger partial charge in [0.15, 0.2) is 0 Å². The number of carbonyl (C=O) groups excluding carboxylic acids is 1. The normalized spacial score (nSPS) is 32.9. The van der Waals surface area contributed by atoms with Crippen LogP contribution in [0.5, 0.6) is 5.75 Å². The molecule has 1 saturated carbocycles. The van der Waals surface area contributed by atoms with Crippen molar-refractivity contribution in [2.45, 2.75) is 75.7 Å². The fourth-order valence-electron chi connectivity index (χ4n) is 8.07. The molecule has 2 aromatic carbocycles. The first-order valence-electron chi connectivity index (χ1n) is 15.1. The van der Waals surface area contributed by atoms with Crippen LogP contribution in [0.2, 0.25) is 5.02 Å². The Kier molecular flexibility index (Phi) is 7.78. The molecule has 0 radical (unpaired) electrons. The van der Waals surface area contributed by atoms with E-state index >= 15 is 0 Å². The maximum absolute atomic E-state index is 13.2. The maximum atomic E-state index is 13.2. The van der Waals surface area contributed by atoms with Gasteiger partial charge in [0.05, 0.1) is 30.3 Å². The number of carbonyl (C=O) groups is 1. The molecule has 2 aliphatic heterocycles. The third kappa shape index (κ3) is 5.42. The van der Waals surface area contributed by atoms with Crippen molar-refractivity contribution in [3.05, 3.63) is 58.1 Å². The van der Waals surface area contributed by atoms with Gasteiger partial charge in [-0.2, -0.15) is 0 Å². The maximum Gasteiger partial charge on any atom is 0.264 e. The van der Waals surface area contributed by atoms with Gasteiger partial charge in [-0.1, -0.05) is 37.4 Å².